The number of piperidine rings is 1. The van der Waals surface area contributed by atoms with Crippen LogP contribution in [0.5, 0.6) is 0 Å². The molecule has 2 aliphatic heterocycles. The highest BCUT2D eigenvalue weighted by Crippen LogP contribution is 2.37. The number of hydrogen-bond donors (Lipinski definition) is 1. The van der Waals surface area contributed by atoms with E-state index in [1.54, 1.807) is 18.2 Å². The molecule has 1 aromatic heterocycles. The summed E-state index contributed by atoms with van der Waals surface area (Å²) in [6, 6.07) is 4.97. The smallest absolute Gasteiger partial charge is 0.271 e. The Morgan fingerprint density at radius 3 is 2.80 bits per heavy atom. The van der Waals surface area contributed by atoms with E-state index in [1.807, 2.05) is 11.6 Å². The molecule has 0 radical (unpaired) electrons. The number of nitro benzene ring substituents is 1. The van der Waals surface area contributed by atoms with Gasteiger partial charge in [-0.1, -0.05) is 6.07 Å². The number of nitro groups is 1. The van der Waals surface area contributed by atoms with Crippen LogP contribution in [0.1, 0.15) is 35.6 Å². The molecule has 7 nitrogen and oxygen atoms in total. The molecule has 2 aromatic rings. The van der Waals surface area contributed by atoms with E-state index in [0.29, 0.717) is 5.92 Å². The minimum absolute atomic E-state index is 0.101. The van der Waals surface area contributed by atoms with Gasteiger partial charge >= 0.3 is 0 Å². The topological polar surface area (TPSA) is 76.2 Å². The van der Waals surface area contributed by atoms with Gasteiger partial charge in [-0.2, -0.15) is 5.10 Å². The van der Waals surface area contributed by atoms with Gasteiger partial charge in [0, 0.05) is 30.2 Å². The molecule has 0 unspecified atom stereocenters. The van der Waals surface area contributed by atoms with E-state index in [1.165, 1.54) is 11.3 Å². The molecule has 25 heavy (non-hydrogen) atoms. The summed E-state index contributed by atoms with van der Waals surface area (Å²) in [4.78, 5) is 13.2. The van der Waals surface area contributed by atoms with E-state index in [4.69, 9.17) is 5.10 Å². The molecule has 0 spiro atoms. The van der Waals surface area contributed by atoms with Gasteiger partial charge in [-0.25, -0.2) is 4.68 Å². The third-order valence-corrected chi connectivity index (χ3v) is 5.42. The first-order chi connectivity index (χ1) is 12.0. The van der Waals surface area contributed by atoms with Crippen molar-refractivity contribution in [3.8, 4) is 5.69 Å². The highest BCUT2D eigenvalue weighted by atomic mass is 16.6. The van der Waals surface area contributed by atoms with Gasteiger partial charge in [0.25, 0.3) is 5.69 Å². The van der Waals surface area contributed by atoms with Gasteiger partial charge in [0.15, 0.2) is 0 Å². The van der Waals surface area contributed by atoms with Gasteiger partial charge in [0.05, 0.1) is 16.3 Å². The molecule has 1 aromatic carbocycles. The van der Waals surface area contributed by atoms with E-state index in [9.17, 15) is 10.1 Å². The molecule has 7 heteroatoms. The molecular weight excluding hydrogens is 318 g/mol. The number of aromatic nitrogens is 2. The lowest BCUT2D eigenvalue weighted by molar-refractivity contribution is -0.384. The summed E-state index contributed by atoms with van der Waals surface area (Å²) in [5.41, 5.74) is 4.35. The fourth-order valence-electron chi connectivity index (χ4n) is 3.93. The Kier molecular flexibility index (Phi) is 3.95. The van der Waals surface area contributed by atoms with Gasteiger partial charge in [0.2, 0.25) is 0 Å². The standard InChI is InChI=1S/C18H23N5O2/c1-12-3-4-14(23(24)25)11-16(12)22-18-15(5-8-19-18)17(20-22)13-6-9-21(2)10-7-13/h3-4,11,13,19H,5-10H2,1-2H3. The Hall–Kier alpha value is -2.41. The molecular formula is C18H23N5O2. The first kappa shape index (κ1) is 16.1. The molecule has 132 valence electrons. The molecule has 0 atom stereocenters. The number of benzene rings is 1. The van der Waals surface area contributed by atoms with Crippen LogP contribution in [0.25, 0.3) is 5.69 Å². The normalized spacial score (nSPS) is 18.2. The highest BCUT2D eigenvalue weighted by molar-refractivity contribution is 5.60. The number of likely N-dealkylation sites (tertiary alicyclic amines) is 1. The average Bonchev–Trinajstić information content (AvgIpc) is 3.19. The lowest BCUT2D eigenvalue weighted by Crippen LogP contribution is -2.29. The first-order valence-electron chi connectivity index (χ1n) is 8.84. The van der Waals surface area contributed by atoms with Crippen LogP contribution < -0.4 is 5.32 Å². The van der Waals surface area contributed by atoms with E-state index >= 15 is 0 Å². The van der Waals surface area contributed by atoms with E-state index in [-0.39, 0.29) is 10.6 Å². The second-order valence-electron chi connectivity index (χ2n) is 7.11. The Morgan fingerprint density at radius 2 is 2.08 bits per heavy atom. The number of anilines is 1. The summed E-state index contributed by atoms with van der Waals surface area (Å²) in [6.45, 7) is 5.06. The van der Waals surface area contributed by atoms with Crippen LogP contribution in [-0.4, -0.2) is 46.3 Å². The van der Waals surface area contributed by atoms with Crippen LogP contribution >= 0.6 is 0 Å². The van der Waals surface area contributed by atoms with Crippen molar-refractivity contribution in [3.63, 3.8) is 0 Å². The zero-order valence-electron chi connectivity index (χ0n) is 14.7. The molecule has 1 fully saturated rings. The quantitative estimate of drug-likeness (QED) is 0.686. The predicted octanol–water partition coefficient (Wildman–Crippen LogP) is 2.87. The summed E-state index contributed by atoms with van der Waals surface area (Å²) in [6.07, 6.45) is 3.22. The van der Waals surface area contributed by atoms with Crippen molar-refractivity contribution in [2.24, 2.45) is 0 Å². The van der Waals surface area contributed by atoms with Gasteiger partial charge < -0.3 is 10.2 Å². The number of non-ortho nitro benzene ring substituents is 1. The van der Waals surface area contributed by atoms with Gasteiger partial charge in [-0.05, 0) is 51.9 Å². The molecule has 1 saturated heterocycles. The minimum atomic E-state index is -0.349. The lowest BCUT2D eigenvalue weighted by Gasteiger charge is -2.28. The molecule has 0 aliphatic carbocycles. The maximum atomic E-state index is 11.2. The molecule has 0 saturated carbocycles. The number of hydrogen-bond acceptors (Lipinski definition) is 5. The summed E-state index contributed by atoms with van der Waals surface area (Å²) in [7, 11) is 2.16. The third-order valence-electron chi connectivity index (χ3n) is 5.42. The number of nitrogens with zero attached hydrogens (tertiary/aromatic N) is 4. The summed E-state index contributed by atoms with van der Waals surface area (Å²) >= 11 is 0. The molecule has 0 amide bonds. The third kappa shape index (κ3) is 2.78. The molecule has 2 aliphatic rings. The molecule has 3 heterocycles. The Balaban J connectivity index is 1.78. The number of fused-ring (bicyclic) bond motifs is 1. The molecule has 1 N–H and O–H groups in total. The summed E-state index contributed by atoms with van der Waals surface area (Å²) in [5.74, 6) is 1.49. The van der Waals surface area contributed by atoms with Crippen LogP contribution in [-0.2, 0) is 6.42 Å². The fraction of sp³-hybridized carbons (Fsp3) is 0.500. The number of rotatable bonds is 3. The molecule has 4 rings (SSSR count). The average molecular weight is 341 g/mol. The van der Waals surface area contributed by atoms with Crippen molar-refractivity contribution in [2.75, 3.05) is 32.0 Å². The van der Waals surface area contributed by atoms with Crippen molar-refractivity contribution in [1.29, 1.82) is 0 Å². The van der Waals surface area contributed by atoms with Crippen molar-refractivity contribution in [2.45, 2.75) is 32.1 Å². The van der Waals surface area contributed by atoms with Gasteiger partial charge in [0.1, 0.15) is 5.82 Å². The number of aryl methyl sites for hydroxylation is 1. The second-order valence-corrected chi connectivity index (χ2v) is 7.11. The fourth-order valence-corrected chi connectivity index (χ4v) is 3.93. The SMILES string of the molecule is Cc1ccc([N+](=O)[O-])cc1-n1nc(C2CCN(C)CC2)c2c1NCC2. The van der Waals surface area contributed by atoms with E-state index in [0.717, 1.165) is 56.0 Å². The zero-order chi connectivity index (χ0) is 17.6. The van der Waals surface area contributed by atoms with Gasteiger partial charge in [-0.3, -0.25) is 10.1 Å². The van der Waals surface area contributed by atoms with Crippen molar-refractivity contribution < 1.29 is 4.92 Å². The van der Waals surface area contributed by atoms with Gasteiger partial charge in [-0.15, -0.1) is 0 Å². The molecule has 0 bridgehead atoms. The van der Waals surface area contributed by atoms with Crippen LogP contribution in [0.3, 0.4) is 0 Å². The summed E-state index contributed by atoms with van der Waals surface area (Å²) < 4.78 is 1.89. The van der Waals surface area contributed by atoms with Crippen LogP contribution in [0.4, 0.5) is 11.5 Å². The zero-order valence-corrected chi connectivity index (χ0v) is 14.7. The van der Waals surface area contributed by atoms with Crippen molar-refractivity contribution >= 4 is 11.5 Å². The highest BCUT2D eigenvalue weighted by Gasteiger charge is 2.30. The maximum Gasteiger partial charge on any atom is 0.271 e. The largest absolute Gasteiger partial charge is 0.369 e. The minimum Gasteiger partial charge on any atom is -0.369 e. The maximum absolute atomic E-state index is 11.2. The first-order valence-corrected chi connectivity index (χ1v) is 8.84. The van der Waals surface area contributed by atoms with Crippen LogP contribution in [0, 0.1) is 17.0 Å². The van der Waals surface area contributed by atoms with Crippen molar-refractivity contribution in [3.05, 3.63) is 45.1 Å². The van der Waals surface area contributed by atoms with Crippen molar-refractivity contribution in [1.82, 2.24) is 14.7 Å². The summed E-state index contributed by atoms with van der Waals surface area (Å²) in [5, 5.41) is 19.5. The Bertz CT molecular complexity index is 821. The predicted molar refractivity (Wildman–Crippen MR) is 96.6 cm³/mol. The van der Waals surface area contributed by atoms with E-state index < -0.39 is 0 Å². The van der Waals surface area contributed by atoms with Crippen LogP contribution in [0.2, 0.25) is 0 Å². The van der Waals surface area contributed by atoms with E-state index in [2.05, 4.69) is 17.3 Å². The second kappa shape index (κ2) is 6.15. The lowest BCUT2D eigenvalue weighted by atomic mass is 9.91. The Morgan fingerprint density at radius 1 is 1.32 bits per heavy atom. The monoisotopic (exact) mass is 341 g/mol. The number of nitrogens with one attached hydrogen (secondary N) is 1. The van der Waals surface area contributed by atoms with Crippen LogP contribution in [0.15, 0.2) is 18.2 Å². The Labute approximate surface area is 146 Å².